The lowest BCUT2D eigenvalue weighted by molar-refractivity contribution is -0.129. The summed E-state index contributed by atoms with van der Waals surface area (Å²) in [6.45, 7) is 3.24. The molecule has 0 N–H and O–H groups in total. The summed E-state index contributed by atoms with van der Waals surface area (Å²) in [4.78, 5) is 47.2. The number of likely N-dealkylation sites (N-methyl/N-ethyl adjacent to an activating group) is 1. The molecule has 0 spiro atoms. The third-order valence-corrected chi connectivity index (χ3v) is 8.37. The highest BCUT2D eigenvalue weighted by Gasteiger charge is 2.54. The van der Waals surface area contributed by atoms with Crippen molar-refractivity contribution in [3.8, 4) is 11.6 Å². The Labute approximate surface area is 216 Å². The van der Waals surface area contributed by atoms with E-state index in [1.165, 1.54) is 9.80 Å². The molecule has 3 atom stereocenters. The minimum absolute atomic E-state index is 0.0349. The average Bonchev–Trinajstić information content (AvgIpc) is 3.24. The summed E-state index contributed by atoms with van der Waals surface area (Å²) in [5.41, 5.74) is 2.06. The first-order chi connectivity index (χ1) is 17.8. The number of aromatic nitrogens is 1. The number of rotatable bonds is 7. The number of anilines is 1. The number of ether oxygens (including phenoxy) is 2. The molecule has 2 aromatic rings. The van der Waals surface area contributed by atoms with E-state index in [0.717, 1.165) is 36.2 Å². The molecule has 1 aromatic heterocycles. The molecular formula is C28H32N4O5. The third kappa shape index (κ3) is 4.40. The van der Waals surface area contributed by atoms with Gasteiger partial charge in [-0.05, 0) is 54.4 Å². The fourth-order valence-corrected chi connectivity index (χ4v) is 6.03. The van der Waals surface area contributed by atoms with Crippen molar-refractivity contribution in [3.63, 3.8) is 0 Å². The largest absolute Gasteiger partial charge is 0.479 e. The zero-order valence-corrected chi connectivity index (χ0v) is 21.4. The van der Waals surface area contributed by atoms with Gasteiger partial charge in [-0.1, -0.05) is 13.0 Å². The van der Waals surface area contributed by atoms with Crippen molar-refractivity contribution in [1.82, 2.24) is 14.8 Å². The molecule has 9 nitrogen and oxygen atoms in total. The standard InChI is InChI=1S/C28H32N4O5/c1-16-21-11-20(12-22(16)21)37-25-7-6-19(13-29-25)36-24-8-9-32(28(24)35)18-5-4-17-14-31(15-26(33)30(2)3)27(34)23(17)10-18/h4-7,10,13,16,20-22,24H,8-9,11-12,14-15H2,1-3H3/t16-,20-,21?,22?,24-/m1/s1. The third-order valence-electron chi connectivity index (χ3n) is 8.37. The van der Waals surface area contributed by atoms with Crippen LogP contribution in [0.2, 0.25) is 0 Å². The Balaban J connectivity index is 1.06. The fourth-order valence-electron chi connectivity index (χ4n) is 6.03. The molecule has 2 aliphatic heterocycles. The molecule has 4 aliphatic rings. The quantitative estimate of drug-likeness (QED) is 0.576. The Hall–Kier alpha value is -3.62. The van der Waals surface area contributed by atoms with Crippen molar-refractivity contribution in [1.29, 1.82) is 0 Å². The second-order valence-corrected chi connectivity index (χ2v) is 10.9. The van der Waals surface area contributed by atoms with E-state index in [4.69, 9.17) is 9.47 Å². The molecule has 1 aromatic carbocycles. The Bertz CT molecular complexity index is 1230. The number of nitrogens with zero attached hydrogens (tertiary/aromatic N) is 4. The van der Waals surface area contributed by atoms with E-state index in [2.05, 4.69) is 11.9 Å². The molecule has 37 heavy (non-hydrogen) atoms. The maximum absolute atomic E-state index is 13.1. The molecule has 3 fully saturated rings. The van der Waals surface area contributed by atoms with Gasteiger partial charge in [-0.2, -0.15) is 0 Å². The summed E-state index contributed by atoms with van der Waals surface area (Å²) in [6, 6.07) is 9.07. The number of fused-ring (bicyclic) bond motifs is 2. The molecule has 1 saturated heterocycles. The lowest BCUT2D eigenvalue weighted by Gasteiger charge is -2.18. The molecule has 0 radical (unpaired) electrons. The Morgan fingerprint density at radius 2 is 1.89 bits per heavy atom. The Kier molecular flexibility index (Phi) is 5.81. The van der Waals surface area contributed by atoms with Crippen molar-refractivity contribution in [2.45, 2.75) is 44.9 Å². The van der Waals surface area contributed by atoms with Gasteiger partial charge in [0.25, 0.3) is 11.8 Å². The summed E-state index contributed by atoms with van der Waals surface area (Å²) >= 11 is 0. The number of carbonyl (C=O) groups excluding carboxylic acids is 3. The molecular weight excluding hydrogens is 472 g/mol. The fraction of sp³-hybridized carbons (Fsp3) is 0.500. The predicted molar refractivity (Wildman–Crippen MR) is 135 cm³/mol. The van der Waals surface area contributed by atoms with Crippen molar-refractivity contribution in [3.05, 3.63) is 47.7 Å². The smallest absolute Gasteiger partial charge is 0.268 e. The van der Waals surface area contributed by atoms with Crippen LogP contribution in [-0.2, 0) is 16.1 Å². The highest BCUT2D eigenvalue weighted by Crippen LogP contribution is 2.57. The van der Waals surface area contributed by atoms with Crippen molar-refractivity contribution < 1.29 is 23.9 Å². The monoisotopic (exact) mass is 504 g/mol. The molecule has 2 unspecified atom stereocenters. The van der Waals surface area contributed by atoms with Crippen LogP contribution >= 0.6 is 0 Å². The highest BCUT2D eigenvalue weighted by molar-refractivity contribution is 6.03. The number of amides is 3. The lowest BCUT2D eigenvalue weighted by atomic mass is 10.1. The second-order valence-electron chi connectivity index (χ2n) is 10.9. The van der Waals surface area contributed by atoms with E-state index in [-0.39, 0.29) is 30.4 Å². The first-order valence-corrected chi connectivity index (χ1v) is 13.0. The van der Waals surface area contributed by atoms with Crippen molar-refractivity contribution in [2.75, 3.05) is 32.1 Å². The van der Waals surface area contributed by atoms with Crippen LogP contribution in [-0.4, -0.2) is 71.9 Å². The van der Waals surface area contributed by atoms with Gasteiger partial charge in [0.1, 0.15) is 18.4 Å². The molecule has 9 heteroatoms. The average molecular weight is 505 g/mol. The zero-order valence-electron chi connectivity index (χ0n) is 21.4. The Morgan fingerprint density at radius 3 is 2.59 bits per heavy atom. The Morgan fingerprint density at radius 1 is 1.11 bits per heavy atom. The van der Waals surface area contributed by atoms with Crippen LogP contribution in [0.1, 0.15) is 42.1 Å². The molecule has 3 heterocycles. The zero-order chi connectivity index (χ0) is 25.8. The highest BCUT2D eigenvalue weighted by atomic mass is 16.5. The summed E-state index contributed by atoms with van der Waals surface area (Å²) < 4.78 is 12.0. The number of hydrogen-bond donors (Lipinski definition) is 0. The van der Waals surface area contributed by atoms with Crippen LogP contribution < -0.4 is 14.4 Å². The first kappa shape index (κ1) is 23.8. The van der Waals surface area contributed by atoms with E-state index >= 15 is 0 Å². The second kappa shape index (κ2) is 9.04. The van der Waals surface area contributed by atoms with E-state index in [9.17, 15) is 14.4 Å². The number of hydrogen-bond acceptors (Lipinski definition) is 6. The summed E-state index contributed by atoms with van der Waals surface area (Å²) in [5.74, 6) is 3.13. The van der Waals surface area contributed by atoms with Gasteiger partial charge in [0, 0.05) is 50.9 Å². The molecule has 2 saturated carbocycles. The first-order valence-electron chi connectivity index (χ1n) is 13.0. The van der Waals surface area contributed by atoms with E-state index in [0.29, 0.717) is 42.4 Å². The number of benzene rings is 1. The van der Waals surface area contributed by atoms with Crippen LogP contribution in [0.4, 0.5) is 5.69 Å². The minimum atomic E-state index is -0.616. The van der Waals surface area contributed by atoms with Gasteiger partial charge in [0.15, 0.2) is 6.10 Å². The number of carbonyl (C=O) groups is 3. The van der Waals surface area contributed by atoms with Gasteiger partial charge in [-0.3, -0.25) is 14.4 Å². The van der Waals surface area contributed by atoms with Crippen LogP contribution in [0.15, 0.2) is 36.5 Å². The maximum atomic E-state index is 13.1. The van der Waals surface area contributed by atoms with E-state index < -0.39 is 6.10 Å². The van der Waals surface area contributed by atoms with Gasteiger partial charge in [-0.25, -0.2) is 4.98 Å². The SMILES string of the molecule is CN(C)C(=O)CN1Cc2ccc(N3CC[C@@H](Oc4ccc(O[C@H]5CC6C(C5)[C@H]6C)nc4)C3=O)cc2C1=O. The van der Waals surface area contributed by atoms with Crippen molar-refractivity contribution in [2.24, 2.45) is 17.8 Å². The van der Waals surface area contributed by atoms with E-state index in [1.807, 2.05) is 12.1 Å². The molecule has 194 valence electrons. The summed E-state index contributed by atoms with van der Waals surface area (Å²) in [5, 5.41) is 0. The predicted octanol–water partition coefficient (Wildman–Crippen LogP) is 2.73. The molecule has 0 bridgehead atoms. The molecule has 3 amide bonds. The summed E-state index contributed by atoms with van der Waals surface area (Å²) in [7, 11) is 3.34. The topological polar surface area (TPSA) is 92.3 Å². The van der Waals surface area contributed by atoms with Crippen LogP contribution in [0.3, 0.4) is 0 Å². The van der Waals surface area contributed by atoms with Gasteiger partial charge in [0.2, 0.25) is 11.8 Å². The van der Waals surface area contributed by atoms with Gasteiger partial charge in [0.05, 0.1) is 6.20 Å². The number of pyridine rings is 1. The molecule has 2 aliphatic carbocycles. The normalized spacial score (nSPS) is 27.8. The maximum Gasteiger partial charge on any atom is 0.268 e. The van der Waals surface area contributed by atoms with Crippen LogP contribution in [0.25, 0.3) is 0 Å². The lowest BCUT2D eigenvalue weighted by Crippen LogP contribution is -2.36. The molecule has 6 rings (SSSR count). The summed E-state index contributed by atoms with van der Waals surface area (Å²) in [6.07, 6.45) is 4.00. The van der Waals surface area contributed by atoms with Gasteiger partial charge in [-0.15, -0.1) is 0 Å². The van der Waals surface area contributed by atoms with Gasteiger partial charge >= 0.3 is 0 Å². The van der Waals surface area contributed by atoms with Crippen LogP contribution in [0.5, 0.6) is 11.6 Å². The van der Waals surface area contributed by atoms with Crippen molar-refractivity contribution >= 4 is 23.4 Å². The minimum Gasteiger partial charge on any atom is -0.479 e. The van der Waals surface area contributed by atoms with Gasteiger partial charge < -0.3 is 24.2 Å². The van der Waals surface area contributed by atoms with Crippen LogP contribution in [0, 0.1) is 17.8 Å². The van der Waals surface area contributed by atoms with E-state index in [1.54, 1.807) is 43.4 Å².